The van der Waals surface area contributed by atoms with Gasteiger partial charge in [-0.25, -0.2) is 0 Å². The zero-order chi connectivity index (χ0) is 5.44. The van der Waals surface area contributed by atoms with Crippen LogP contribution in [-0.4, -0.2) is 16.3 Å². The highest BCUT2D eigenvalue weighted by Crippen LogP contribution is 2.40. The Labute approximate surface area is 47.5 Å². The van der Waals surface area contributed by atoms with Crippen molar-refractivity contribution in [1.29, 1.82) is 0 Å². The number of Topliss-reactive ketones (excluding diaryl/α,β-unsaturated/α-hetero) is 1. The van der Waals surface area contributed by atoms with Crippen LogP contribution in [0.15, 0.2) is 0 Å². The summed E-state index contributed by atoms with van der Waals surface area (Å²) in [4.78, 5) is 10.4. The first-order valence-corrected chi connectivity index (χ1v) is 3.32. The molecule has 1 nitrogen and oxygen atoms in total. The number of rotatable bonds is 1. The van der Waals surface area contributed by atoms with Crippen molar-refractivity contribution in [3.63, 3.8) is 0 Å². The Morgan fingerprint density at radius 1 is 1.71 bits per heavy atom. The van der Waals surface area contributed by atoms with Crippen LogP contribution in [0.3, 0.4) is 0 Å². The van der Waals surface area contributed by atoms with Crippen molar-refractivity contribution < 1.29 is 4.79 Å². The van der Waals surface area contributed by atoms with Gasteiger partial charge in [-0.05, 0) is 6.92 Å². The minimum Gasteiger partial charge on any atom is -0.299 e. The van der Waals surface area contributed by atoms with Crippen LogP contribution in [0.1, 0.15) is 13.8 Å². The van der Waals surface area contributed by atoms with E-state index in [0.29, 0.717) is 16.3 Å². The predicted molar refractivity (Wildman–Crippen MR) is 31.5 cm³/mol. The van der Waals surface area contributed by atoms with E-state index in [0.717, 1.165) is 0 Å². The van der Waals surface area contributed by atoms with E-state index in [4.69, 9.17) is 0 Å². The molecule has 1 fully saturated rings. The van der Waals surface area contributed by atoms with Gasteiger partial charge in [0.1, 0.15) is 5.78 Å². The lowest BCUT2D eigenvalue weighted by molar-refractivity contribution is -0.115. The summed E-state index contributed by atoms with van der Waals surface area (Å²) in [6.45, 7) is 3.73. The molecule has 0 aromatic carbocycles. The molecule has 0 radical (unpaired) electrons. The fourth-order valence-electron chi connectivity index (χ4n) is 0.612. The largest absolute Gasteiger partial charge is 0.299 e. The number of thioether (sulfide) groups is 1. The number of carbonyl (C=O) groups excluding carboxylic acids is 1. The lowest BCUT2D eigenvalue weighted by Crippen LogP contribution is -2.00. The normalized spacial score (nSPS) is 38.0. The molecule has 1 aliphatic rings. The van der Waals surface area contributed by atoms with Gasteiger partial charge in [0, 0.05) is 5.25 Å². The molecule has 0 aromatic heterocycles. The smallest absolute Gasteiger partial charge is 0.143 e. The Balaban J connectivity index is 2.33. The van der Waals surface area contributed by atoms with Gasteiger partial charge in [-0.1, -0.05) is 6.92 Å². The Hall–Kier alpha value is 0.0200. The average Bonchev–Trinajstić information content (AvgIpc) is 2.17. The van der Waals surface area contributed by atoms with E-state index in [1.807, 2.05) is 0 Å². The second kappa shape index (κ2) is 1.51. The maximum Gasteiger partial charge on any atom is 0.143 e. The minimum absolute atomic E-state index is 0.331. The monoisotopic (exact) mass is 116 g/mol. The Morgan fingerprint density at radius 3 is 2.14 bits per heavy atom. The predicted octanol–water partition coefficient (Wildman–Crippen LogP) is 1.08. The molecule has 2 atom stereocenters. The third kappa shape index (κ3) is 0.969. The quantitative estimate of drug-likeness (QED) is 0.477. The van der Waals surface area contributed by atoms with Gasteiger partial charge in [0.25, 0.3) is 0 Å². The maximum absolute atomic E-state index is 10.4. The van der Waals surface area contributed by atoms with Crippen molar-refractivity contribution in [2.45, 2.75) is 24.3 Å². The van der Waals surface area contributed by atoms with Crippen LogP contribution in [0.5, 0.6) is 0 Å². The first-order valence-electron chi connectivity index (χ1n) is 2.37. The summed E-state index contributed by atoms with van der Waals surface area (Å²) in [6.07, 6.45) is 0. The van der Waals surface area contributed by atoms with Crippen LogP contribution in [0.4, 0.5) is 0 Å². The number of ketones is 1. The lowest BCUT2D eigenvalue weighted by atomic mass is 10.3. The van der Waals surface area contributed by atoms with E-state index >= 15 is 0 Å². The fourth-order valence-corrected chi connectivity index (χ4v) is 1.37. The van der Waals surface area contributed by atoms with Crippen LogP contribution in [-0.2, 0) is 4.79 Å². The average molecular weight is 116 g/mol. The summed E-state index contributed by atoms with van der Waals surface area (Å²) < 4.78 is 0. The zero-order valence-electron chi connectivity index (χ0n) is 4.47. The van der Waals surface area contributed by atoms with E-state index in [2.05, 4.69) is 6.92 Å². The molecule has 0 aromatic rings. The molecule has 0 N–H and O–H groups in total. The lowest BCUT2D eigenvalue weighted by Gasteiger charge is -1.77. The summed E-state index contributed by atoms with van der Waals surface area (Å²) in [6, 6.07) is 0. The molecular weight excluding hydrogens is 108 g/mol. The molecule has 0 amide bonds. The summed E-state index contributed by atoms with van der Waals surface area (Å²) >= 11 is 1.75. The van der Waals surface area contributed by atoms with Gasteiger partial charge in [0.05, 0.1) is 5.25 Å². The van der Waals surface area contributed by atoms with Gasteiger partial charge in [0.15, 0.2) is 0 Å². The van der Waals surface area contributed by atoms with E-state index in [1.165, 1.54) is 0 Å². The van der Waals surface area contributed by atoms with Gasteiger partial charge in [-0.15, -0.1) is 11.8 Å². The molecule has 1 aliphatic heterocycles. The van der Waals surface area contributed by atoms with Gasteiger partial charge >= 0.3 is 0 Å². The van der Waals surface area contributed by atoms with Crippen LogP contribution < -0.4 is 0 Å². The third-order valence-corrected chi connectivity index (χ3v) is 2.53. The molecule has 7 heavy (non-hydrogen) atoms. The topological polar surface area (TPSA) is 17.1 Å². The Kier molecular flexibility index (Phi) is 1.11. The molecule has 0 saturated carbocycles. The molecule has 40 valence electrons. The Morgan fingerprint density at radius 2 is 2.14 bits per heavy atom. The first kappa shape index (κ1) is 5.16. The number of hydrogen-bond acceptors (Lipinski definition) is 2. The standard InChI is InChI=1S/C5H8OS/c1-3(6)5-4(2)7-5/h4-5H,1-2H3/t4-,5-/m0/s1. The van der Waals surface area contributed by atoms with Crippen molar-refractivity contribution in [2.24, 2.45) is 0 Å². The maximum atomic E-state index is 10.4. The van der Waals surface area contributed by atoms with Crippen LogP contribution in [0, 0.1) is 0 Å². The second-order valence-corrected chi connectivity index (χ2v) is 3.40. The number of hydrogen-bond donors (Lipinski definition) is 0. The third-order valence-electron chi connectivity index (χ3n) is 1.11. The summed E-state index contributed by atoms with van der Waals surface area (Å²) in [7, 11) is 0. The van der Waals surface area contributed by atoms with Crippen molar-refractivity contribution in [3.05, 3.63) is 0 Å². The first-order chi connectivity index (χ1) is 3.22. The van der Waals surface area contributed by atoms with E-state index < -0.39 is 0 Å². The molecular formula is C5H8OS. The van der Waals surface area contributed by atoms with Gasteiger partial charge in [-0.2, -0.15) is 0 Å². The van der Waals surface area contributed by atoms with Gasteiger partial charge in [-0.3, -0.25) is 4.79 Å². The molecule has 1 heterocycles. The van der Waals surface area contributed by atoms with E-state index in [-0.39, 0.29) is 0 Å². The molecule has 1 rings (SSSR count). The molecule has 0 spiro atoms. The van der Waals surface area contributed by atoms with Gasteiger partial charge in [0.2, 0.25) is 0 Å². The SMILES string of the molecule is CC(=O)[C@@H]1S[C@H]1C. The number of carbonyl (C=O) groups is 1. The fraction of sp³-hybridized carbons (Fsp3) is 0.800. The van der Waals surface area contributed by atoms with Crippen LogP contribution in [0.25, 0.3) is 0 Å². The summed E-state index contributed by atoms with van der Waals surface area (Å²) in [5.41, 5.74) is 0. The molecule has 0 unspecified atom stereocenters. The Bertz CT molecular complexity index is 100. The van der Waals surface area contributed by atoms with Gasteiger partial charge < -0.3 is 0 Å². The molecule has 0 bridgehead atoms. The van der Waals surface area contributed by atoms with E-state index in [1.54, 1.807) is 18.7 Å². The van der Waals surface area contributed by atoms with Crippen molar-refractivity contribution in [1.82, 2.24) is 0 Å². The highest BCUT2D eigenvalue weighted by molar-refractivity contribution is 8.08. The van der Waals surface area contributed by atoms with Crippen molar-refractivity contribution in [2.75, 3.05) is 0 Å². The zero-order valence-corrected chi connectivity index (χ0v) is 5.29. The van der Waals surface area contributed by atoms with Crippen LogP contribution >= 0.6 is 11.8 Å². The minimum atomic E-state index is 0.331. The molecule has 1 saturated heterocycles. The summed E-state index contributed by atoms with van der Waals surface area (Å²) in [5.74, 6) is 0.331. The van der Waals surface area contributed by atoms with Crippen LogP contribution in [0.2, 0.25) is 0 Å². The highest BCUT2D eigenvalue weighted by atomic mass is 32.2. The van der Waals surface area contributed by atoms with Crippen molar-refractivity contribution >= 4 is 17.5 Å². The van der Waals surface area contributed by atoms with Crippen molar-refractivity contribution in [3.8, 4) is 0 Å². The second-order valence-electron chi connectivity index (χ2n) is 1.87. The highest BCUT2D eigenvalue weighted by Gasteiger charge is 2.37. The molecule has 0 aliphatic carbocycles. The summed E-state index contributed by atoms with van der Waals surface area (Å²) in [5, 5.41) is 0.956. The van der Waals surface area contributed by atoms with E-state index in [9.17, 15) is 4.79 Å². The molecule has 2 heteroatoms.